The van der Waals surface area contributed by atoms with Gasteiger partial charge in [0, 0.05) is 11.3 Å². The molecule has 138 valence electrons. The Labute approximate surface area is 153 Å². The van der Waals surface area contributed by atoms with E-state index in [4.69, 9.17) is 21.7 Å². The molecule has 2 aromatic carbocycles. The quantitative estimate of drug-likeness (QED) is 0.785. The molecular weight excluding hydrogens is 369 g/mol. The summed E-state index contributed by atoms with van der Waals surface area (Å²) in [5.41, 5.74) is -0.468. The lowest BCUT2D eigenvalue weighted by molar-refractivity contribution is -0.137. The minimum absolute atomic E-state index is 0.109. The minimum atomic E-state index is -4.47. The van der Waals surface area contributed by atoms with Gasteiger partial charge in [-0.25, -0.2) is 0 Å². The first-order valence-electron chi connectivity index (χ1n) is 7.26. The maximum Gasteiger partial charge on any atom is 0.416 e. The number of nitrogens with one attached hydrogen (secondary N) is 2. The summed E-state index contributed by atoms with van der Waals surface area (Å²) in [7, 11) is 2.89. The molecular formula is C17H15F3N2O3S. The van der Waals surface area contributed by atoms with E-state index >= 15 is 0 Å². The average Bonchev–Trinajstić information content (AvgIpc) is 2.60. The number of halogens is 3. The molecule has 0 atom stereocenters. The third-order valence-corrected chi connectivity index (χ3v) is 3.52. The Kier molecular flexibility index (Phi) is 6.04. The fraction of sp³-hybridized carbons (Fsp3) is 0.176. The number of benzene rings is 2. The lowest BCUT2D eigenvalue weighted by Crippen LogP contribution is -2.34. The number of carbonyl (C=O) groups excluding carboxylic acids is 1. The first-order chi connectivity index (χ1) is 12.2. The van der Waals surface area contributed by atoms with E-state index in [1.54, 1.807) is 6.07 Å². The third-order valence-electron chi connectivity index (χ3n) is 3.32. The predicted octanol–water partition coefficient (Wildman–Crippen LogP) is 3.85. The molecule has 1 amide bonds. The zero-order valence-electron chi connectivity index (χ0n) is 13.8. The molecule has 9 heteroatoms. The maximum atomic E-state index is 12.7. The van der Waals surface area contributed by atoms with Crippen molar-refractivity contribution in [2.45, 2.75) is 6.18 Å². The SMILES string of the molecule is COc1ccc(C(=O)NC(=S)Nc2cccc(C(F)(F)F)c2)cc1OC. The molecule has 2 N–H and O–H groups in total. The Bertz CT molecular complexity index is 825. The molecule has 2 aromatic rings. The predicted molar refractivity (Wildman–Crippen MR) is 94.7 cm³/mol. The number of methoxy groups -OCH3 is 2. The second-order valence-corrected chi connectivity index (χ2v) is 5.46. The van der Waals surface area contributed by atoms with Crippen molar-refractivity contribution >= 4 is 28.9 Å². The fourth-order valence-corrected chi connectivity index (χ4v) is 2.30. The highest BCUT2D eigenvalue weighted by Crippen LogP contribution is 2.30. The Hall–Kier alpha value is -2.81. The standard InChI is InChI=1S/C17H15F3N2O3S/c1-24-13-7-6-10(8-14(13)25-2)15(23)22-16(26)21-12-5-3-4-11(9-12)17(18,19)20/h3-9H,1-2H3,(H2,21,22,23,26). The van der Waals surface area contributed by atoms with Crippen LogP contribution in [-0.4, -0.2) is 25.2 Å². The lowest BCUT2D eigenvalue weighted by Gasteiger charge is -2.13. The summed E-state index contributed by atoms with van der Waals surface area (Å²) in [5.74, 6) is 0.265. The molecule has 2 rings (SSSR count). The Balaban J connectivity index is 2.07. The Morgan fingerprint density at radius 1 is 1.04 bits per heavy atom. The molecule has 0 aliphatic rings. The molecule has 0 aliphatic carbocycles. The number of anilines is 1. The number of rotatable bonds is 4. The number of carbonyl (C=O) groups is 1. The molecule has 0 aliphatic heterocycles. The molecule has 0 heterocycles. The van der Waals surface area contributed by atoms with Gasteiger partial charge in [-0.05, 0) is 48.6 Å². The van der Waals surface area contributed by atoms with Gasteiger partial charge in [0.1, 0.15) is 0 Å². The highest BCUT2D eigenvalue weighted by molar-refractivity contribution is 7.80. The summed E-state index contributed by atoms with van der Waals surface area (Å²) in [5, 5.41) is 4.81. The van der Waals surface area contributed by atoms with Crippen molar-refractivity contribution < 1.29 is 27.4 Å². The Morgan fingerprint density at radius 3 is 2.35 bits per heavy atom. The molecule has 0 saturated heterocycles. The van der Waals surface area contributed by atoms with Gasteiger partial charge in [-0.2, -0.15) is 13.2 Å². The van der Waals surface area contributed by atoms with E-state index in [1.807, 2.05) is 0 Å². The Morgan fingerprint density at radius 2 is 1.73 bits per heavy atom. The summed E-state index contributed by atoms with van der Waals surface area (Å²) in [6, 6.07) is 9.00. The van der Waals surface area contributed by atoms with Gasteiger partial charge in [0.2, 0.25) is 0 Å². The van der Waals surface area contributed by atoms with E-state index in [2.05, 4.69) is 10.6 Å². The topological polar surface area (TPSA) is 59.6 Å². The van der Waals surface area contributed by atoms with Gasteiger partial charge in [0.15, 0.2) is 16.6 Å². The van der Waals surface area contributed by atoms with Gasteiger partial charge < -0.3 is 14.8 Å². The highest BCUT2D eigenvalue weighted by Gasteiger charge is 2.30. The maximum absolute atomic E-state index is 12.7. The summed E-state index contributed by atoms with van der Waals surface area (Å²) >= 11 is 4.98. The van der Waals surface area contributed by atoms with Gasteiger partial charge in [-0.3, -0.25) is 10.1 Å². The number of hydrogen-bond acceptors (Lipinski definition) is 4. The molecule has 0 spiro atoms. The molecule has 0 bridgehead atoms. The molecule has 26 heavy (non-hydrogen) atoms. The van der Waals surface area contributed by atoms with Crippen LogP contribution in [0.25, 0.3) is 0 Å². The molecule has 0 unspecified atom stereocenters. The second kappa shape index (κ2) is 8.05. The van der Waals surface area contributed by atoms with Gasteiger partial charge in [0.25, 0.3) is 5.91 Å². The largest absolute Gasteiger partial charge is 0.493 e. The molecule has 0 fully saturated rings. The van der Waals surface area contributed by atoms with Crippen LogP contribution in [0.2, 0.25) is 0 Å². The van der Waals surface area contributed by atoms with Crippen molar-refractivity contribution in [3.63, 3.8) is 0 Å². The normalized spacial score (nSPS) is 10.8. The van der Waals surface area contributed by atoms with Crippen LogP contribution in [-0.2, 0) is 6.18 Å². The lowest BCUT2D eigenvalue weighted by atomic mass is 10.2. The summed E-state index contributed by atoms with van der Waals surface area (Å²) in [6.07, 6.45) is -4.47. The smallest absolute Gasteiger partial charge is 0.416 e. The minimum Gasteiger partial charge on any atom is -0.493 e. The van der Waals surface area contributed by atoms with E-state index in [1.165, 1.54) is 38.5 Å². The van der Waals surface area contributed by atoms with E-state index in [0.29, 0.717) is 11.5 Å². The van der Waals surface area contributed by atoms with Gasteiger partial charge in [-0.15, -0.1) is 0 Å². The number of hydrogen-bond donors (Lipinski definition) is 2. The summed E-state index contributed by atoms with van der Waals surface area (Å²) in [6.45, 7) is 0. The van der Waals surface area contributed by atoms with Crippen LogP contribution in [0.4, 0.5) is 18.9 Å². The molecule has 5 nitrogen and oxygen atoms in total. The van der Waals surface area contributed by atoms with Crippen molar-refractivity contribution in [1.82, 2.24) is 5.32 Å². The van der Waals surface area contributed by atoms with Crippen LogP contribution >= 0.6 is 12.2 Å². The second-order valence-electron chi connectivity index (χ2n) is 5.06. The monoisotopic (exact) mass is 384 g/mol. The third kappa shape index (κ3) is 4.85. The number of ether oxygens (including phenoxy) is 2. The number of thiocarbonyl (C=S) groups is 1. The van der Waals surface area contributed by atoms with Crippen LogP contribution in [0.3, 0.4) is 0 Å². The summed E-state index contributed by atoms with van der Waals surface area (Å²) in [4.78, 5) is 12.2. The number of alkyl halides is 3. The van der Waals surface area contributed by atoms with Crippen LogP contribution in [0.5, 0.6) is 11.5 Å². The fourth-order valence-electron chi connectivity index (χ4n) is 2.09. The molecule has 0 radical (unpaired) electrons. The van der Waals surface area contributed by atoms with Crippen LogP contribution in [0.15, 0.2) is 42.5 Å². The molecule has 0 saturated carbocycles. The van der Waals surface area contributed by atoms with E-state index in [9.17, 15) is 18.0 Å². The van der Waals surface area contributed by atoms with Crippen LogP contribution in [0.1, 0.15) is 15.9 Å². The van der Waals surface area contributed by atoms with Gasteiger partial charge in [0.05, 0.1) is 19.8 Å². The average molecular weight is 384 g/mol. The van der Waals surface area contributed by atoms with Crippen molar-refractivity contribution in [2.24, 2.45) is 0 Å². The first kappa shape index (κ1) is 19.5. The van der Waals surface area contributed by atoms with E-state index < -0.39 is 17.6 Å². The van der Waals surface area contributed by atoms with E-state index in [0.717, 1.165) is 12.1 Å². The van der Waals surface area contributed by atoms with Crippen molar-refractivity contribution in [2.75, 3.05) is 19.5 Å². The highest BCUT2D eigenvalue weighted by atomic mass is 32.1. The van der Waals surface area contributed by atoms with Gasteiger partial charge >= 0.3 is 6.18 Å². The zero-order valence-corrected chi connectivity index (χ0v) is 14.6. The van der Waals surface area contributed by atoms with E-state index in [-0.39, 0.29) is 16.4 Å². The van der Waals surface area contributed by atoms with Crippen LogP contribution < -0.4 is 20.1 Å². The molecule has 0 aromatic heterocycles. The number of amides is 1. The first-order valence-corrected chi connectivity index (χ1v) is 7.67. The zero-order chi connectivity index (χ0) is 19.3. The van der Waals surface area contributed by atoms with Crippen molar-refractivity contribution in [1.29, 1.82) is 0 Å². The summed E-state index contributed by atoms with van der Waals surface area (Å²) < 4.78 is 48.3. The van der Waals surface area contributed by atoms with Crippen molar-refractivity contribution in [3.05, 3.63) is 53.6 Å². The van der Waals surface area contributed by atoms with Crippen LogP contribution in [0, 0.1) is 0 Å². The van der Waals surface area contributed by atoms with Crippen molar-refractivity contribution in [3.8, 4) is 11.5 Å². The van der Waals surface area contributed by atoms with Gasteiger partial charge in [-0.1, -0.05) is 6.07 Å².